The number of carbonyl (C=O) groups excluding carboxylic acids is 2. The normalized spacial score (nSPS) is 29.9. The molecule has 0 aromatic heterocycles. The molecule has 1 saturated heterocycles. The Morgan fingerprint density at radius 2 is 1.81 bits per heavy atom. The SMILES string of the molecule is C[C@H]1C[C@@H]1C(=O)N1CCN(CC(=O)NCC2CCC2)CC1. The molecule has 3 rings (SSSR count). The minimum Gasteiger partial charge on any atom is -0.355 e. The number of carbonyl (C=O) groups is 2. The van der Waals surface area contributed by atoms with Crippen molar-refractivity contribution in [1.29, 1.82) is 0 Å². The molecule has 0 radical (unpaired) electrons. The summed E-state index contributed by atoms with van der Waals surface area (Å²) in [6, 6.07) is 0. The number of hydrogen-bond donors (Lipinski definition) is 1. The molecule has 1 heterocycles. The van der Waals surface area contributed by atoms with Gasteiger partial charge < -0.3 is 10.2 Å². The van der Waals surface area contributed by atoms with Gasteiger partial charge in [0.25, 0.3) is 0 Å². The lowest BCUT2D eigenvalue weighted by Crippen LogP contribution is -2.51. The average molecular weight is 293 g/mol. The van der Waals surface area contributed by atoms with Gasteiger partial charge in [-0.15, -0.1) is 0 Å². The fraction of sp³-hybridized carbons (Fsp3) is 0.875. The molecule has 3 aliphatic rings. The van der Waals surface area contributed by atoms with Crippen LogP contribution in [0.3, 0.4) is 0 Å². The van der Waals surface area contributed by atoms with E-state index in [9.17, 15) is 9.59 Å². The molecule has 0 spiro atoms. The fourth-order valence-corrected chi connectivity index (χ4v) is 3.24. The third-order valence-corrected chi connectivity index (χ3v) is 5.29. The van der Waals surface area contributed by atoms with Crippen LogP contribution < -0.4 is 5.32 Å². The summed E-state index contributed by atoms with van der Waals surface area (Å²) in [4.78, 5) is 28.2. The van der Waals surface area contributed by atoms with Crippen LogP contribution in [0.25, 0.3) is 0 Å². The summed E-state index contributed by atoms with van der Waals surface area (Å²) in [5.74, 6) is 2.04. The zero-order chi connectivity index (χ0) is 14.8. The van der Waals surface area contributed by atoms with Crippen LogP contribution in [-0.2, 0) is 9.59 Å². The van der Waals surface area contributed by atoms with Crippen molar-refractivity contribution >= 4 is 11.8 Å². The smallest absolute Gasteiger partial charge is 0.234 e. The monoisotopic (exact) mass is 293 g/mol. The van der Waals surface area contributed by atoms with E-state index in [-0.39, 0.29) is 11.8 Å². The molecule has 2 atom stereocenters. The van der Waals surface area contributed by atoms with Crippen molar-refractivity contribution in [2.45, 2.75) is 32.6 Å². The van der Waals surface area contributed by atoms with Gasteiger partial charge in [-0.2, -0.15) is 0 Å². The van der Waals surface area contributed by atoms with E-state index in [0.717, 1.165) is 39.1 Å². The summed E-state index contributed by atoms with van der Waals surface area (Å²) in [7, 11) is 0. The first-order valence-electron chi connectivity index (χ1n) is 8.41. The van der Waals surface area contributed by atoms with Gasteiger partial charge in [-0.1, -0.05) is 13.3 Å². The molecule has 1 aliphatic heterocycles. The molecular formula is C16H27N3O2. The minimum atomic E-state index is 0.137. The Labute approximate surface area is 127 Å². The molecule has 118 valence electrons. The van der Waals surface area contributed by atoms with E-state index in [0.29, 0.717) is 24.3 Å². The molecule has 0 unspecified atom stereocenters. The van der Waals surface area contributed by atoms with E-state index in [2.05, 4.69) is 17.1 Å². The van der Waals surface area contributed by atoms with Crippen molar-refractivity contribution < 1.29 is 9.59 Å². The van der Waals surface area contributed by atoms with Gasteiger partial charge in [0.2, 0.25) is 11.8 Å². The second-order valence-electron chi connectivity index (χ2n) is 7.02. The maximum Gasteiger partial charge on any atom is 0.234 e. The average Bonchev–Trinajstić information content (AvgIpc) is 3.14. The maximum absolute atomic E-state index is 12.1. The molecule has 0 bridgehead atoms. The van der Waals surface area contributed by atoms with Gasteiger partial charge in [-0.05, 0) is 31.1 Å². The molecule has 5 nitrogen and oxygen atoms in total. The van der Waals surface area contributed by atoms with Crippen molar-refractivity contribution in [3.63, 3.8) is 0 Å². The number of rotatable bonds is 5. The molecule has 0 aromatic carbocycles. The lowest BCUT2D eigenvalue weighted by atomic mass is 9.85. The first-order valence-corrected chi connectivity index (χ1v) is 8.41. The van der Waals surface area contributed by atoms with Crippen LogP contribution in [0.2, 0.25) is 0 Å². The number of nitrogens with one attached hydrogen (secondary N) is 1. The van der Waals surface area contributed by atoms with Crippen LogP contribution >= 0.6 is 0 Å². The lowest BCUT2D eigenvalue weighted by molar-refractivity contribution is -0.134. The van der Waals surface area contributed by atoms with E-state index >= 15 is 0 Å². The Bertz CT molecular complexity index is 400. The summed E-state index contributed by atoms with van der Waals surface area (Å²) in [5.41, 5.74) is 0. The molecular weight excluding hydrogens is 266 g/mol. The van der Waals surface area contributed by atoms with E-state index < -0.39 is 0 Å². The Kier molecular flexibility index (Phi) is 4.48. The summed E-state index contributed by atoms with van der Waals surface area (Å²) in [6.07, 6.45) is 4.90. The summed E-state index contributed by atoms with van der Waals surface area (Å²) in [6.45, 7) is 6.67. The Morgan fingerprint density at radius 3 is 2.33 bits per heavy atom. The van der Waals surface area contributed by atoms with Crippen LogP contribution in [0.5, 0.6) is 0 Å². The molecule has 0 aromatic rings. The third kappa shape index (κ3) is 3.76. The van der Waals surface area contributed by atoms with Crippen LogP contribution in [-0.4, -0.2) is 60.9 Å². The minimum absolute atomic E-state index is 0.137. The van der Waals surface area contributed by atoms with Crippen LogP contribution in [0.15, 0.2) is 0 Å². The molecule has 21 heavy (non-hydrogen) atoms. The van der Waals surface area contributed by atoms with E-state index in [1.54, 1.807) is 0 Å². The molecule has 1 N–H and O–H groups in total. The van der Waals surface area contributed by atoms with Crippen molar-refractivity contribution in [3.8, 4) is 0 Å². The Balaban J connectivity index is 1.33. The molecule has 2 aliphatic carbocycles. The van der Waals surface area contributed by atoms with Gasteiger partial charge in [-0.25, -0.2) is 0 Å². The van der Waals surface area contributed by atoms with Crippen LogP contribution in [0.1, 0.15) is 32.6 Å². The number of amides is 2. The highest BCUT2D eigenvalue weighted by Gasteiger charge is 2.41. The second kappa shape index (κ2) is 6.34. The van der Waals surface area contributed by atoms with Gasteiger partial charge >= 0.3 is 0 Å². The zero-order valence-corrected chi connectivity index (χ0v) is 13.0. The quantitative estimate of drug-likeness (QED) is 0.812. The predicted octanol–water partition coefficient (Wildman–Crippen LogP) is 0.703. The van der Waals surface area contributed by atoms with Crippen molar-refractivity contribution in [2.75, 3.05) is 39.3 Å². The Morgan fingerprint density at radius 1 is 1.14 bits per heavy atom. The molecule has 3 fully saturated rings. The number of piperazine rings is 1. The van der Waals surface area contributed by atoms with E-state index in [1.807, 2.05) is 4.90 Å². The highest BCUT2D eigenvalue weighted by atomic mass is 16.2. The topological polar surface area (TPSA) is 52.7 Å². The van der Waals surface area contributed by atoms with Crippen molar-refractivity contribution in [1.82, 2.24) is 15.1 Å². The standard InChI is InChI=1S/C16H27N3O2/c1-12-9-14(12)16(21)19-7-5-18(6-8-19)11-15(20)17-10-13-3-2-4-13/h12-14H,2-11H2,1H3,(H,17,20)/t12-,14-/m0/s1. The highest BCUT2D eigenvalue weighted by Crippen LogP contribution is 2.39. The van der Waals surface area contributed by atoms with E-state index in [4.69, 9.17) is 0 Å². The first kappa shape index (κ1) is 14.8. The van der Waals surface area contributed by atoms with Crippen molar-refractivity contribution in [3.05, 3.63) is 0 Å². The van der Waals surface area contributed by atoms with Crippen LogP contribution in [0, 0.1) is 17.8 Å². The summed E-state index contributed by atoms with van der Waals surface area (Å²) in [5, 5.41) is 3.04. The number of nitrogens with zero attached hydrogens (tertiary/aromatic N) is 2. The number of hydrogen-bond acceptors (Lipinski definition) is 3. The van der Waals surface area contributed by atoms with Gasteiger partial charge in [0.1, 0.15) is 0 Å². The maximum atomic E-state index is 12.1. The van der Waals surface area contributed by atoms with Gasteiger partial charge in [0.15, 0.2) is 0 Å². The van der Waals surface area contributed by atoms with E-state index in [1.165, 1.54) is 19.3 Å². The first-order chi connectivity index (χ1) is 10.1. The fourth-order valence-electron chi connectivity index (χ4n) is 3.24. The van der Waals surface area contributed by atoms with Gasteiger partial charge in [-0.3, -0.25) is 14.5 Å². The molecule has 2 saturated carbocycles. The largest absolute Gasteiger partial charge is 0.355 e. The highest BCUT2D eigenvalue weighted by molar-refractivity contribution is 5.82. The second-order valence-corrected chi connectivity index (χ2v) is 7.02. The molecule has 2 amide bonds. The zero-order valence-electron chi connectivity index (χ0n) is 13.0. The summed E-state index contributed by atoms with van der Waals surface area (Å²) >= 11 is 0. The lowest BCUT2D eigenvalue weighted by Gasteiger charge is -2.34. The molecule has 5 heteroatoms. The third-order valence-electron chi connectivity index (χ3n) is 5.29. The Hall–Kier alpha value is -1.10. The van der Waals surface area contributed by atoms with Crippen molar-refractivity contribution in [2.24, 2.45) is 17.8 Å². The van der Waals surface area contributed by atoms with Gasteiger partial charge in [0.05, 0.1) is 6.54 Å². The van der Waals surface area contributed by atoms with Gasteiger partial charge in [0, 0.05) is 38.6 Å². The van der Waals surface area contributed by atoms with Crippen LogP contribution in [0.4, 0.5) is 0 Å². The summed E-state index contributed by atoms with van der Waals surface area (Å²) < 4.78 is 0. The predicted molar refractivity (Wildman–Crippen MR) is 80.6 cm³/mol.